The van der Waals surface area contributed by atoms with Crippen LogP contribution >= 0.6 is 0 Å². The van der Waals surface area contributed by atoms with Crippen molar-refractivity contribution in [3.05, 3.63) is 53.8 Å². The highest BCUT2D eigenvalue weighted by Gasteiger charge is 2.14. The topological polar surface area (TPSA) is 83.8 Å². The Hall–Kier alpha value is -2.80. The fraction of sp³-hybridized carbons (Fsp3) is 0.458. The lowest BCUT2D eigenvalue weighted by Gasteiger charge is -2.15. The lowest BCUT2D eigenvalue weighted by atomic mass is 10.1. The second-order valence-corrected chi connectivity index (χ2v) is 6.85. The number of hydrogen-bond donors (Lipinski definition) is 2. The van der Waals surface area contributed by atoms with E-state index in [0.717, 1.165) is 25.1 Å². The van der Waals surface area contributed by atoms with E-state index in [1.165, 1.54) is 6.07 Å². The van der Waals surface area contributed by atoms with Gasteiger partial charge in [0.25, 0.3) is 5.91 Å². The van der Waals surface area contributed by atoms with Gasteiger partial charge in [0.15, 0.2) is 0 Å². The van der Waals surface area contributed by atoms with Gasteiger partial charge in [0.2, 0.25) is 5.88 Å². The molecular formula is C24H34FN3O3. The van der Waals surface area contributed by atoms with E-state index in [2.05, 4.69) is 29.1 Å². The number of ether oxygens (including phenoxy) is 1. The normalized spacial score (nSPS) is 12.4. The second-order valence-electron chi connectivity index (χ2n) is 6.85. The van der Waals surface area contributed by atoms with Crippen molar-refractivity contribution in [2.75, 3.05) is 13.7 Å². The zero-order chi connectivity index (χ0) is 23.1. The van der Waals surface area contributed by atoms with Crippen molar-refractivity contribution in [2.24, 2.45) is 4.99 Å². The third kappa shape index (κ3) is 9.26. The Bertz CT molecular complexity index is 868. The van der Waals surface area contributed by atoms with Gasteiger partial charge in [0.1, 0.15) is 17.0 Å². The van der Waals surface area contributed by atoms with Crippen molar-refractivity contribution in [3.8, 4) is 0 Å². The highest BCUT2D eigenvalue weighted by molar-refractivity contribution is 5.95. The SMILES string of the molecule is CC/C=C(\N=C/CCC)OC.CCC(CCO)NC(=O)c1ccc2cccc(F)c2n1. The molecule has 1 atom stereocenters. The summed E-state index contributed by atoms with van der Waals surface area (Å²) in [5.74, 6) is -0.0732. The minimum absolute atomic E-state index is 0.0125. The summed E-state index contributed by atoms with van der Waals surface area (Å²) in [6.45, 7) is 6.13. The first kappa shape index (κ1) is 26.2. The number of unbranched alkanes of at least 4 members (excludes halogenated alkanes) is 1. The van der Waals surface area contributed by atoms with Gasteiger partial charge in [-0.05, 0) is 43.9 Å². The Morgan fingerprint density at radius 3 is 2.68 bits per heavy atom. The smallest absolute Gasteiger partial charge is 0.270 e. The molecular weight excluding hydrogens is 397 g/mol. The van der Waals surface area contributed by atoms with Crippen LogP contribution in [0.2, 0.25) is 0 Å². The van der Waals surface area contributed by atoms with Crippen molar-refractivity contribution in [3.63, 3.8) is 0 Å². The Morgan fingerprint density at radius 2 is 2.06 bits per heavy atom. The first-order valence-corrected chi connectivity index (χ1v) is 10.7. The molecule has 0 saturated carbocycles. The first-order valence-electron chi connectivity index (χ1n) is 10.7. The number of fused-ring (bicyclic) bond motifs is 1. The molecule has 0 aliphatic carbocycles. The molecule has 1 aromatic heterocycles. The average Bonchev–Trinajstić information content (AvgIpc) is 2.78. The summed E-state index contributed by atoms with van der Waals surface area (Å²) >= 11 is 0. The van der Waals surface area contributed by atoms with Gasteiger partial charge in [0, 0.05) is 24.2 Å². The fourth-order valence-electron chi connectivity index (χ4n) is 2.68. The van der Waals surface area contributed by atoms with Crippen LogP contribution < -0.4 is 5.32 Å². The zero-order valence-electron chi connectivity index (χ0n) is 18.9. The van der Waals surface area contributed by atoms with E-state index in [9.17, 15) is 9.18 Å². The number of rotatable bonds is 10. The zero-order valence-corrected chi connectivity index (χ0v) is 18.9. The Kier molecular flexibility index (Phi) is 12.8. The maximum atomic E-state index is 13.7. The van der Waals surface area contributed by atoms with Gasteiger partial charge in [-0.2, -0.15) is 0 Å². The van der Waals surface area contributed by atoms with Crippen LogP contribution in [0.4, 0.5) is 4.39 Å². The van der Waals surface area contributed by atoms with Crippen LogP contribution in [0, 0.1) is 5.82 Å². The summed E-state index contributed by atoms with van der Waals surface area (Å²) in [5, 5.41) is 12.4. The monoisotopic (exact) mass is 431 g/mol. The molecule has 1 aromatic carbocycles. The van der Waals surface area contributed by atoms with Gasteiger partial charge in [-0.15, -0.1) is 0 Å². The summed E-state index contributed by atoms with van der Waals surface area (Å²) in [6, 6.07) is 7.81. The van der Waals surface area contributed by atoms with Gasteiger partial charge in [-0.3, -0.25) is 4.79 Å². The molecule has 0 saturated heterocycles. The molecule has 31 heavy (non-hydrogen) atoms. The number of amides is 1. The van der Waals surface area contributed by atoms with Crippen molar-refractivity contribution in [1.29, 1.82) is 0 Å². The number of allylic oxidation sites excluding steroid dienone is 1. The molecule has 6 nitrogen and oxygen atoms in total. The maximum absolute atomic E-state index is 13.7. The summed E-state index contributed by atoms with van der Waals surface area (Å²) in [4.78, 5) is 20.3. The highest BCUT2D eigenvalue weighted by atomic mass is 19.1. The number of aliphatic imine (C=N–C) groups is 1. The lowest BCUT2D eigenvalue weighted by molar-refractivity contribution is 0.0924. The molecule has 0 bridgehead atoms. The largest absolute Gasteiger partial charge is 0.481 e. The van der Waals surface area contributed by atoms with E-state index in [1.807, 2.05) is 19.2 Å². The van der Waals surface area contributed by atoms with Gasteiger partial charge in [-0.25, -0.2) is 14.4 Å². The van der Waals surface area contributed by atoms with E-state index >= 15 is 0 Å². The molecule has 0 fully saturated rings. The molecule has 1 unspecified atom stereocenters. The molecule has 2 N–H and O–H groups in total. The minimum atomic E-state index is -0.445. The summed E-state index contributed by atoms with van der Waals surface area (Å²) in [6.07, 6.45) is 8.18. The molecule has 0 aliphatic rings. The second kappa shape index (κ2) is 15.1. The van der Waals surface area contributed by atoms with E-state index in [1.54, 1.807) is 31.4 Å². The van der Waals surface area contributed by atoms with Gasteiger partial charge < -0.3 is 15.2 Å². The molecule has 7 heteroatoms. The van der Waals surface area contributed by atoms with Gasteiger partial charge in [-0.1, -0.05) is 45.4 Å². The number of carbonyl (C=O) groups is 1. The molecule has 0 spiro atoms. The first-order chi connectivity index (χ1) is 15.0. The van der Waals surface area contributed by atoms with Crippen LogP contribution in [0.15, 0.2) is 47.3 Å². The van der Waals surface area contributed by atoms with E-state index < -0.39 is 5.82 Å². The molecule has 170 valence electrons. The lowest BCUT2D eigenvalue weighted by Crippen LogP contribution is -2.35. The quantitative estimate of drug-likeness (QED) is 0.409. The fourth-order valence-corrected chi connectivity index (χ4v) is 2.68. The van der Waals surface area contributed by atoms with E-state index in [4.69, 9.17) is 9.84 Å². The molecule has 0 radical (unpaired) electrons. The summed E-state index contributed by atoms with van der Waals surface area (Å²) < 4.78 is 18.7. The number of aromatic nitrogens is 1. The highest BCUT2D eigenvalue weighted by Crippen LogP contribution is 2.16. The summed E-state index contributed by atoms with van der Waals surface area (Å²) in [7, 11) is 1.64. The summed E-state index contributed by atoms with van der Waals surface area (Å²) in [5.41, 5.74) is 0.370. The Balaban J connectivity index is 0.000000373. The van der Waals surface area contributed by atoms with Crippen LogP contribution in [0.25, 0.3) is 10.9 Å². The standard InChI is InChI=1S/C15H17FN2O2.C9H17NO/c1-2-11(8-9-19)17-15(20)13-7-6-10-4-3-5-12(16)14(10)18-13;1-4-6-8-10-9(11-3)7-5-2/h3-7,11,19H,2,8-9H2,1H3,(H,17,20);7-8H,4-6H2,1-3H3/b;9-7+,10-8-. The third-order valence-electron chi connectivity index (χ3n) is 4.43. The van der Waals surface area contributed by atoms with Gasteiger partial charge in [0.05, 0.1) is 7.11 Å². The van der Waals surface area contributed by atoms with Crippen molar-refractivity contribution >= 4 is 23.0 Å². The van der Waals surface area contributed by atoms with Crippen LogP contribution in [0.1, 0.15) is 63.4 Å². The van der Waals surface area contributed by atoms with E-state index in [0.29, 0.717) is 18.2 Å². The third-order valence-corrected chi connectivity index (χ3v) is 4.43. The van der Waals surface area contributed by atoms with Crippen LogP contribution in [-0.4, -0.2) is 42.0 Å². The average molecular weight is 432 g/mol. The predicted molar refractivity (Wildman–Crippen MR) is 124 cm³/mol. The number of carbonyl (C=O) groups excluding carboxylic acids is 1. The number of methoxy groups -OCH3 is 1. The van der Waals surface area contributed by atoms with E-state index in [-0.39, 0.29) is 29.8 Å². The number of para-hydroxylation sites is 1. The predicted octanol–water partition coefficient (Wildman–Crippen LogP) is 5.02. The van der Waals surface area contributed by atoms with Crippen LogP contribution in [0.5, 0.6) is 0 Å². The molecule has 2 rings (SSSR count). The van der Waals surface area contributed by atoms with Crippen molar-refractivity contribution in [2.45, 2.75) is 58.9 Å². The van der Waals surface area contributed by atoms with Crippen LogP contribution in [-0.2, 0) is 4.74 Å². The van der Waals surface area contributed by atoms with Crippen molar-refractivity contribution in [1.82, 2.24) is 10.3 Å². The number of aliphatic hydroxyl groups excluding tert-OH is 1. The molecule has 1 amide bonds. The number of nitrogens with one attached hydrogen (secondary N) is 1. The number of halogens is 1. The number of nitrogens with zero attached hydrogens (tertiary/aromatic N) is 2. The number of benzene rings is 1. The molecule has 0 aliphatic heterocycles. The van der Waals surface area contributed by atoms with Gasteiger partial charge >= 0.3 is 0 Å². The Labute approximate surface area is 184 Å². The number of hydrogen-bond acceptors (Lipinski definition) is 5. The number of aliphatic hydroxyl groups is 1. The maximum Gasteiger partial charge on any atom is 0.270 e. The Morgan fingerprint density at radius 1 is 1.29 bits per heavy atom. The number of pyridine rings is 1. The molecule has 2 aromatic rings. The molecule has 1 heterocycles. The minimum Gasteiger partial charge on any atom is -0.481 e. The van der Waals surface area contributed by atoms with Crippen LogP contribution in [0.3, 0.4) is 0 Å². The van der Waals surface area contributed by atoms with Crippen molar-refractivity contribution < 1.29 is 19.0 Å².